The van der Waals surface area contributed by atoms with E-state index < -0.39 is 12.1 Å². The number of benzene rings is 2. The molecule has 3 aliphatic rings. The van der Waals surface area contributed by atoms with Crippen molar-refractivity contribution < 1.29 is 19.1 Å². The zero-order valence-electron chi connectivity index (χ0n) is 16.8. The molecule has 2 aromatic rings. The lowest BCUT2D eigenvalue weighted by atomic mass is 10.1. The molecule has 7 heteroatoms. The van der Waals surface area contributed by atoms with Crippen LogP contribution in [0.1, 0.15) is 35.7 Å². The molecule has 0 aliphatic carbocycles. The number of ether oxygens (including phenoxy) is 1. The van der Waals surface area contributed by atoms with Crippen molar-refractivity contribution in [2.24, 2.45) is 0 Å². The Morgan fingerprint density at radius 1 is 1.13 bits per heavy atom. The Hall–Kier alpha value is -3.35. The minimum atomic E-state index is -0.905. The molecule has 3 aliphatic heterocycles. The third-order valence-electron chi connectivity index (χ3n) is 6.14. The molecule has 5 rings (SSSR count). The fourth-order valence-corrected chi connectivity index (χ4v) is 4.62. The van der Waals surface area contributed by atoms with E-state index >= 15 is 0 Å². The molecule has 1 saturated heterocycles. The van der Waals surface area contributed by atoms with E-state index in [2.05, 4.69) is 10.2 Å². The van der Waals surface area contributed by atoms with Crippen LogP contribution in [0, 0.1) is 0 Å². The molecule has 0 aromatic heterocycles. The Morgan fingerprint density at radius 3 is 2.83 bits per heavy atom. The van der Waals surface area contributed by atoms with Crippen LogP contribution in [0.3, 0.4) is 0 Å². The van der Waals surface area contributed by atoms with Gasteiger partial charge in [-0.15, -0.1) is 0 Å². The van der Waals surface area contributed by atoms with Crippen LogP contribution in [0.4, 0.5) is 17.1 Å². The summed E-state index contributed by atoms with van der Waals surface area (Å²) in [5.74, 6) is -0.856. The highest BCUT2D eigenvalue weighted by atomic mass is 16.5. The Morgan fingerprint density at radius 2 is 1.97 bits per heavy atom. The van der Waals surface area contributed by atoms with Gasteiger partial charge in [-0.05, 0) is 56.0 Å². The van der Waals surface area contributed by atoms with Gasteiger partial charge in [-0.3, -0.25) is 9.59 Å². The van der Waals surface area contributed by atoms with E-state index in [4.69, 9.17) is 4.74 Å². The minimum Gasteiger partial charge on any atom is -0.449 e. The number of nitrogens with zero attached hydrogens (tertiary/aromatic N) is 2. The van der Waals surface area contributed by atoms with Crippen LogP contribution in [-0.4, -0.2) is 43.0 Å². The fourth-order valence-electron chi connectivity index (χ4n) is 4.62. The highest BCUT2D eigenvalue weighted by Gasteiger charge is 2.37. The Bertz CT molecular complexity index is 1050. The van der Waals surface area contributed by atoms with Gasteiger partial charge < -0.3 is 19.9 Å². The fraction of sp³-hybridized carbons (Fsp3) is 0.348. The van der Waals surface area contributed by atoms with Crippen LogP contribution in [0.15, 0.2) is 42.5 Å². The number of nitrogens with one attached hydrogen (secondary N) is 1. The van der Waals surface area contributed by atoms with Gasteiger partial charge in [0.1, 0.15) is 6.04 Å². The molecule has 1 N–H and O–H groups in total. The molecule has 3 heterocycles. The number of hydrogen-bond donors (Lipinski definition) is 1. The molecule has 1 fully saturated rings. The summed E-state index contributed by atoms with van der Waals surface area (Å²) >= 11 is 0. The maximum Gasteiger partial charge on any atom is 0.338 e. The predicted octanol–water partition coefficient (Wildman–Crippen LogP) is 2.74. The molecule has 0 bridgehead atoms. The average Bonchev–Trinajstić information content (AvgIpc) is 3.40. The van der Waals surface area contributed by atoms with Gasteiger partial charge in [0.15, 0.2) is 6.10 Å². The molecule has 0 radical (unpaired) electrons. The maximum atomic E-state index is 12.9. The van der Waals surface area contributed by atoms with Gasteiger partial charge in [0.2, 0.25) is 5.91 Å². The largest absolute Gasteiger partial charge is 0.449 e. The van der Waals surface area contributed by atoms with Crippen molar-refractivity contribution in [3.63, 3.8) is 0 Å². The van der Waals surface area contributed by atoms with Crippen molar-refractivity contribution >= 4 is 34.8 Å². The van der Waals surface area contributed by atoms with Crippen LogP contribution >= 0.6 is 0 Å². The lowest BCUT2D eigenvalue weighted by Gasteiger charge is -2.33. The highest BCUT2D eigenvalue weighted by molar-refractivity contribution is 6.06. The van der Waals surface area contributed by atoms with Crippen molar-refractivity contribution in [3.8, 4) is 0 Å². The summed E-state index contributed by atoms with van der Waals surface area (Å²) in [6.45, 7) is 3.01. The summed E-state index contributed by atoms with van der Waals surface area (Å²) < 4.78 is 5.47. The SMILES string of the molecule is C[C@H](OC(=O)c1ccc2c(c1)NC(=O)[C@H]1CCCN21)C(=O)N1CCc2ccccc21. The second-order valence-electron chi connectivity index (χ2n) is 7.99. The molecule has 2 atom stereocenters. The first kappa shape index (κ1) is 18.7. The predicted molar refractivity (Wildman–Crippen MR) is 113 cm³/mol. The minimum absolute atomic E-state index is 0.0400. The molecule has 154 valence electrons. The first-order chi connectivity index (χ1) is 14.5. The molecule has 2 amide bonds. The molecular weight excluding hydrogens is 382 g/mol. The van der Waals surface area contributed by atoms with Crippen LogP contribution < -0.4 is 15.1 Å². The van der Waals surface area contributed by atoms with Crippen LogP contribution in [0.5, 0.6) is 0 Å². The van der Waals surface area contributed by atoms with Crippen LogP contribution in [0.25, 0.3) is 0 Å². The van der Waals surface area contributed by atoms with Crippen LogP contribution in [-0.2, 0) is 20.7 Å². The van der Waals surface area contributed by atoms with E-state index in [9.17, 15) is 14.4 Å². The molecule has 2 aromatic carbocycles. The number of anilines is 3. The summed E-state index contributed by atoms with van der Waals surface area (Å²) in [5, 5.41) is 2.89. The number of carbonyl (C=O) groups excluding carboxylic acids is 3. The third kappa shape index (κ3) is 3.01. The van der Waals surface area contributed by atoms with Crippen LogP contribution in [0.2, 0.25) is 0 Å². The average molecular weight is 405 g/mol. The van der Waals surface area contributed by atoms with E-state index in [1.165, 1.54) is 0 Å². The van der Waals surface area contributed by atoms with E-state index in [1.807, 2.05) is 30.3 Å². The molecule has 0 unspecified atom stereocenters. The Balaban J connectivity index is 1.31. The number of carbonyl (C=O) groups is 3. The van der Waals surface area contributed by atoms with Gasteiger partial charge in [-0.2, -0.15) is 0 Å². The summed E-state index contributed by atoms with van der Waals surface area (Å²) in [7, 11) is 0. The zero-order chi connectivity index (χ0) is 20.8. The van der Waals surface area contributed by atoms with Gasteiger partial charge in [0.25, 0.3) is 5.91 Å². The van der Waals surface area contributed by atoms with E-state index in [0.717, 1.165) is 42.7 Å². The number of esters is 1. The summed E-state index contributed by atoms with van der Waals surface area (Å²) in [6, 6.07) is 12.8. The molecule has 0 saturated carbocycles. The Kier molecular flexibility index (Phi) is 4.46. The zero-order valence-corrected chi connectivity index (χ0v) is 16.8. The van der Waals surface area contributed by atoms with E-state index in [1.54, 1.807) is 24.0 Å². The van der Waals surface area contributed by atoms with Gasteiger partial charge in [0.05, 0.1) is 16.9 Å². The van der Waals surface area contributed by atoms with Crippen molar-refractivity contribution in [2.75, 3.05) is 28.2 Å². The number of amides is 2. The smallest absolute Gasteiger partial charge is 0.338 e. The highest BCUT2D eigenvalue weighted by Crippen LogP contribution is 2.37. The number of hydrogen-bond acceptors (Lipinski definition) is 5. The number of para-hydroxylation sites is 1. The van der Waals surface area contributed by atoms with Gasteiger partial charge in [-0.25, -0.2) is 4.79 Å². The molecular formula is C23H23N3O4. The number of fused-ring (bicyclic) bond motifs is 4. The van der Waals surface area contributed by atoms with Crippen molar-refractivity contribution in [1.82, 2.24) is 0 Å². The van der Waals surface area contributed by atoms with Gasteiger partial charge >= 0.3 is 5.97 Å². The lowest BCUT2D eigenvalue weighted by molar-refractivity contribution is -0.126. The van der Waals surface area contributed by atoms with E-state index in [-0.39, 0.29) is 17.9 Å². The Labute approximate surface area is 174 Å². The summed E-state index contributed by atoms with van der Waals surface area (Å²) in [6.07, 6.45) is 1.71. The van der Waals surface area contributed by atoms with Gasteiger partial charge in [-0.1, -0.05) is 18.2 Å². The summed E-state index contributed by atoms with van der Waals surface area (Å²) in [5.41, 5.74) is 3.84. The second-order valence-corrected chi connectivity index (χ2v) is 7.99. The third-order valence-corrected chi connectivity index (χ3v) is 6.14. The maximum absolute atomic E-state index is 12.9. The van der Waals surface area contributed by atoms with Crippen molar-refractivity contribution in [2.45, 2.75) is 38.3 Å². The molecule has 7 nitrogen and oxygen atoms in total. The first-order valence-corrected chi connectivity index (χ1v) is 10.3. The van der Waals surface area contributed by atoms with E-state index in [0.29, 0.717) is 17.8 Å². The topological polar surface area (TPSA) is 79.0 Å². The van der Waals surface area contributed by atoms with Crippen molar-refractivity contribution in [1.29, 1.82) is 0 Å². The quantitative estimate of drug-likeness (QED) is 0.795. The molecule has 30 heavy (non-hydrogen) atoms. The summed E-state index contributed by atoms with van der Waals surface area (Å²) in [4.78, 5) is 41.6. The molecule has 0 spiro atoms. The lowest BCUT2D eigenvalue weighted by Crippen LogP contribution is -2.44. The normalized spacial score (nSPS) is 20.2. The van der Waals surface area contributed by atoms with Gasteiger partial charge in [0, 0.05) is 18.8 Å². The van der Waals surface area contributed by atoms with Crippen molar-refractivity contribution in [3.05, 3.63) is 53.6 Å². The number of rotatable bonds is 3. The monoisotopic (exact) mass is 405 g/mol. The first-order valence-electron chi connectivity index (χ1n) is 10.3. The second kappa shape index (κ2) is 7.16. The standard InChI is InChI=1S/C23H23N3O4/c1-14(22(28)26-12-10-15-5-2-3-6-18(15)26)30-23(29)16-8-9-19-17(13-16)24-21(27)20-7-4-11-25(19)20/h2-3,5-6,8-9,13-14,20H,4,7,10-12H2,1H3,(H,24,27)/t14-,20+/m0/s1.